The molecule has 0 aromatic heterocycles. The molecule has 11 heteroatoms. The molecule has 2 atom stereocenters. The molecule has 0 aliphatic heterocycles. The van der Waals surface area contributed by atoms with Crippen LogP contribution in [-0.4, -0.2) is 54.1 Å². The number of hydrogen-bond acceptors (Lipinski definition) is 7. The summed E-state index contributed by atoms with van der Waals surface area (Å²) in [5, 5.41) is 4.27. The number of aliphatic hydroxyl groups is 1. The second-order valence-corrected chi connectivity index (χ2v) is 12.0. The summed E-state index contributed by atoms with van der Waals surface area (Å²) in [4.78, 5) is 24.6. The topological polar surface area (TPSA) is 127 Å². The smallest absolute Gasteiger partial charge is 0.460 e. The second kappa shape index (κ2) is 8.16. The molecule has 2 unspecified atom stereocenters. The van der Waals surface area contributed by atoms with Crippen molar-refractivity contribution < 1.29 is 45.9 Å². The van der Waals surface area contributed by atoms with Crippen LogP contribution in [0.5, 0.6) is 0 Å². The highest BCUT2D eigenvalue weighted by Crippen LogP contribution is 2.63. The van der Waals surface area contributed by atoms with E-state index in [0.717, 1.165) is 19.3 Å². The Labute approximate surface area is 185 Å². The predicted octanol–water partition coefficient (Wildman–Crippen LogP) is 2.69. The first-order valence-electron chi connectivity index (χ1n) is 11.2. The van der Waals surface area contributed by atoms with Crippen LogP contribution < -0.4 is 0 Å². The van der Waals surface area contributed by atoms with Crippen molar-refractivity contribution >= 4 is 22.1 Å². The van der Waals surface area contributed by atoms with Gasteiger partial charge in [-0.2, -0.15) is 17.2 Å². The van der Waals surface area contributed by atoms with Gasteiger partial charge >= 0.3 is 27.3 Å². The fraction of sp³-hybridized carbons (Fsp3) is 0.905. The van der Waals surface area contributed by atoms with Gasteiger partial charge in [0.25, 0.3) is 0 Å². The van der Waals surface area contributed by atoms with Crippen molar-refractivity contribution in [1.29, 1.82) is 0 Å². The van der Waals surface area contributed by atoms with Gasteiger partial charge in [-0.1, -0.05) is 0 Å². The summed E-state index contributed by atoms with van der Waals surface area (Å²) in [6, 6.07) is 0. The molecule has 0 saturated heterocycles. The standard InChI is InChI=1S/C21H30F2O8S/c22-21(23,32(27,28)29)18(26)30-12-19-6-14-5-15(7-19)9-20(8-14,11-19)31-17(25)16-3-1-13(10-24)2-4-16/h13-16,24H,1-12H2,(H,27,28,29). The van der Waals surface area contributed by atoms with Crippen LogP contribution in [0.15, 0.2) is 0 Å². The number of carbonyl (C=O) groups excluding carboxylic acids is 2. The van der Waals surface area contributed by atoms with Gasteiger partial charge in [0.2, 0.25) is 0 Å². The molecule has 2 N–H and O–H groups in total. The summed E-state index contributed by atoms with van der Waals surface area (Å²) in [6.07, 6.45) is 6.86. The van der Waals surface area contributed by atoms with E-state index in [1.165, 1.54) is 0 Å². The molecule has 5 aliphatic carbocycles. The number of halogens is 2. The Morgan fingerprint density at radius 1 is 1.03 bits per heavy atom. The minimum atomic E-state index is -5.92. The molecule has 0 aromatic rings. The van der Waals surface area contributed by atoms with Crippen LogP contribution in [0.4, 0.5) is 8.78 Å². The highest BCUT2D eigenvalue weighted by molar-refractivity contribution is 7.87. The fourth-order valence-electron chi connectivity index (χ4n) is 6.94. The van der Waals surface area contributed by atoms with Crippen LogP contribution >= 0.6 is 0 Å². The summed E-state index contributed by atoms with van der Waals surface area (Å²) >= 11 is 0. The molecule has 0 radical (unpaired) electrons. The predicted molar refractivity (Wildman–Crippen MR) is 106 cm³/mol. The lowest BCUT2D eigenvalue weighted by Gasteiger charge is -2.61. The van der Waals surface area contributed by atoms with Crippen molar-refractivity contribution in [3.8, 4) is 0 Å². The molecule has 8 nitrogen and oxygen atoms in total. The van der Waals surface area contributed by atoms with Gasteiger partial charge in [-0.15, -0.1) is 0 Å². The van der Waals surface area contributed by atoms with E-state index in [0.29, 0.717) is 44.9 Å². The largest absolute Gasteiger partial charge is 0.465 e. The Morgan fingerprint density at radius 3 is 2.16 bits per heavy atom. The Hall–Kier alpha value is -1.33. The first-order chi connectivity index (χ1) is 14.9. The van der Waals surface area contributed by atoms with Crippen molar-refractivity contribution in [3.63, 3.8) is 0 Å². The lowest BCUT2D eigenvalue weighted by Crippen LogP contribution is -2.59. The minimum Gasteiger partial charge on any atom is -0.460 e. The third kappa shape index (κ3) is 4.40. The third-order valence-corrected chi connectivity index (χ3v) is 8.77. The van der Waals surface area contributed by atoms with E-state index in [-0.39, 0.29) is 36.2 Å². The highest BCUT2D eigenvalue weighted by Gasteiger charge is 2.61. The van der Waals surface area contributed by atoms with Gasteiger partial charge in [0.1, 0.15) is 5.60 Å². The molecular formula is C21H30F2O8S. The Bertz CT molecular complexity index is 851. The van der Waals surface area contributed by atoms with Crippen molar-refractivity contribution in [3.05, 3.63) is 0 Å². The lowest BCUT2D eigenvalue weighted by atomic mass is 9.48. The Morgan fingerprint density at radius 2 is 1.62 bits per heavy atom. The van der Waals surface area contributed by atoms with Crippen molar-refractivity contribution in [2.45, 2.75) is 75.1 Å². The zero-order valence-corrected chi connectivity index (χ0v) is 18.6. The number of aliphatic hydroxyl groups excluding tert-OH is 1. The van der Waals surface area contributed by atoms with Gasteiger partial charge in [0.15, 0.2) is 0 Å². The Kier molecular flexibility index (Phi) is 6.07. The molecule has 182 valence electrons. The van der Waals surface area contributed by atoms with Crippen LogP contribution in [0.1, 0.15) is 64.2 Å². The Balaban J connectivity index is 1.43. The lowest BCUT2D eigenvalue weighted by molar-refractivity contribution is -0.216. The number of alkyl halides is 2. The number of hydrogen-bond donors (Lipinski definition) is 2. The van der Waals surface area contributed by atoms with E-state index >= 15 is 0 Å². The molecule has 5 saturated carbocycles. The van der Waals surface area contributed by atoms with Crippen LogP contribution in [0, 0.1) is 29.1 Å². The van der Waals surface area contributed by atoms with E-state index < -0.39 is 39.0 Å². The number of carbonyl (C=O) groups is 2. The van der Waals surface area contributed by atoms with E-state index in [1.54, 1.807) is 0 Å². The fourth-order valence-corrected chi connectivity index (χ4v) is 7.21. The van der Waals surface area contributed by atoms with Crippen molar-refractivity contribution in [2.24, 2.45) is 29.1 Å². The number of rotatable bonds is 7. The first-order valence-corrected chi connectivity index (χ1v) is 12.7. The summed E-state index contributed by atoms with van der Waals surface area (Å²) in [5.41, 5.74) is -1.36. The molecule has 5 fully saturated rings. The summed E-state index contributed by atoms with van der Waals surface area (Å²) < 4.78 is 68.2. The third-order valence-electron chi connectivity index (χ3n) is 7.96. The average Bonchev–Trinajstić information content (AvgIpc) is 2.70. The molecular weight excluding hydrogens is 450 g/mol. The first kappa shape index (κ1) is 23.8. The van der Waals surface area contributed by atoms with Gasteiger partial charge < -0.3 is 14.6 Å². The molecule has 5 rings (SSSR count). The van der Waals surface area contributed by atoms with E-state index in [9.17, 15) is 31.9 Å². The van der Waals surface area contributed by atoms with Crippen molar-refractivity contribution in [1.82, 2.24) is 0 Å². The number of ether oxygens (including phenoxy) is 2. The molecule has 4 bridgehead atoms. The highest BCUT2D eigenvalue weighted by atomic mass is 32.2. The van der Waals surface area contributed by atoms with Crippen LogP contribution in [0.3, 0.4) is 0 Å². The van der Waals surface area contributed by atoms with Gasteiger partial charge in [0.05, 0.1) is 12.5 Å². The monoisotopic (exact) mass is 480 g/mol. The minimum absolute atomic E-state index is 0.118. The summed E-state index contributed by atoms with van der Waals surface area (Å²) in [6.45, 7) is -0.280. The maximum atomic E-state index is 13.6. The van der Waals surface area contributed by atoms with Crippen LogP contribution in [0.2, 0.25) is 0 Å². The molecule has 0 amide bonds. The van der Waals surface area contributed by atoms with E-state index in [2.05, 4.69) is 0 Å². The number of esters is 2. The second-order valence-electron chi connectivity index (χ2n) is 10.5. The molecule has 32 heavy (non-hydrogen) atoms. The normalized spacial score (nSPS) is 39.0. The van der Waals surface area contributed by atoms with Gasteiger partial charge in [0, 0.05) is 12.0 Å². The molecule has 0 spiro atoms. The van der Waals surface area contributed by atoms with Gasteiger partial charge in [-0.25, -0.2) is 4.79 Å². The maximum Gasteiger partial charge on any atom is 0.465 e. The van der Waals surface area contributed by atoms with Crippen molar-refractivity contribution in [2.75, 3.05) is 13.2 Å². The van der Waals surface area contributed by atoms with Gasteiger partial charge in [-0.05, 0) is 82.0 Å². The van der Waals surface area contributed by atoms with Crippen LogP contribution in [-0.2, 0) is 29.2 Å². The van der Waals surface area contributed by atoms with E-state index in [1.807, 2.05) is 0 Å². The zero-order valence-electron chi connectivity index (χ0n) is 17.8. The zero-order chi connectivity index (χ0) is 23.4. The van der Waals surface area contributed by atoms with E-state index in [4.69, 9.17) is 14.0 Å². The maximum absolute atomic E-state index is 13.6. The molecule has 0 aromatic carbocycles. The van der Waals surface area contributed by atoms with Gasteiger partial charge in [-0.3, -0.25) is 9.35 Å². The summed E-state index contributed by atoms with van der Waals surface area (Å²) in [7, 11) is -5.92. The SMILES string of the molecule is O=C(OC12CC3CC(CC(COC(=O)C(F)(F)S(=O)(=O)O)(C3)C1)C2)C1CCC(CO)CC1. The van der Waals surface area contributed by atoms with Crippen LogP contribution in [0.25, 0.3) is 0 Å². The average molecular weight is 481 g/mol. The quantitative estimate of drug-likeness (QED) is 0.421. The summed E-state index contributed by atoms with van der Waals surface area (Å²) in [5.74, 6) is -2.11. The molecule has 5 aliphatic rings. The molecule has 0 heterocycles.